The van der Waals surface area contributed by atoms with Gasteiger partial charge in [-0.3, -0.25) is 4.79 Å². The van der Waals surface area contributed by atoms with E-state index in [4.69, 9.17) is 4.74 Å². The lowest BCUT2D eigenvalue weighted by atomic mass is 10.0. The normalized spacial score (nSPS) is 23.3. The van der Waals surface area contributed by atoms with E-state index < -0.39 is 0 Å². The van der Waals surface area contributed by atoms with Crippen molar-refractivity contribution < 1.29 is 9.53 Å². The molecule has 2 aliphatic rings. The molecule has 2 aliphatic heterocycles. The molecular weight excluding hydrogens is 308 g/mol. The quantitative estimate of drug-likeness (QED) is 0.799. The topological polar surface area (TPSA) is 32.8 Å². The van der Waals surface area contributed by atoms with Gasteiger partial charge in [0.05, 0.1) is 11.0 Å². The monoisotopic (exact) mass is 336 g/mol. The van der Waals surface area contributed by atoms with Gasteiger partial charge in [-0.25, -0.2) is 0 Å². The second kappa shape index (κ2) is 8.27. The van der Waals surface area contributed by atoms with Crippen LogP contribution in [0.15, 0.2) is 17.5 Å². The molecule has 3 rings (SSSR count). The number of hydrogen-bond donors (Lipinski definition) is 0. The third kappa shape index (κ3) is 4.34. The summed E-state index contributed by atoms with van der Waals surface area (Å²) >= 11 is 1.55. The zero-order valence-electron chi connectivity index (χ0n) is 14.1. The number of piperidine rings is 1. The van der Waals surface area contributed by atoms with E-state index in [1.165, 1.54) is 12.8 Å². The fourth-order valence-electron chi connectivity index (χ4n) is 3.72. The molecule has 0 saturated carbocycles. The zero-order chi connectivity index (χ0) is 16.1. The van der Waals surface area contributed by atoms with Gasteiger partial charge in [0.25, 0.3) is 5.91 Å². The minimum atomic E-state index is 0.222. The lowest BCUT2D eigenvalue weighted by molar-refractivity contribution is 0.0413. The van der Waals surface area contributed by atoms with Crippen molar-refractivity contribution in [1.82, 2.24) is 9.80 Å². The molecule has 0 bridgehead atoms. The van der Waals surface area contributed by atoms with Crippen LogP contribution < -0.4 is 0 Å². The molecule has 2 saturated heterocycles. The number of hydrogen-bond acceptors (Lipinski definition) is 4. The molecule has 0 spiro atoms. The predicted molar refractivity (Wildman–Crippen MR) is 94.1 cm³/mol. The maximum absolute atomic E-state index is 12.8. The van der Waals surface area contributed by atoms with E-state index in [9.17, 15) is 4.79 Å². The Bertz CT molecular complexity index is 477. The summed E-state index contributed by atoms with van der Waals surface area (Å²) in [5.74, 6) is 0.222. The highest BCUT2D eigenvalue weighted by atomic mass is 32.1. The van der Waals surface area contributed by atoms with Crippen LogP contribution >= 0.6 is 11.3 Å². The second-order valence-electron chi connectivity index (χ2n) is 6.64. The predicted octanol–water partition coefficient (Wildman–Crippen LogP) is 3.24. The molecule has 1 amide bonds. The Balaban J connectivity index is 1.54. The zero-order valence-corrected chi connectivity index (χ0v) is 14.9. The van der Waals surface area contributed by atoms with Gasteiger partial charge in [0.1, 0.15) is 0 Å². The Morgan fingerprint density at radius 2 is 2.22 bits per heavy atom. The smallest absolute Gasteiger partial charge is 0.264 e. The summed E-state index contributed by atoms with van der Waals surface area (Å²) in [5, 5.41) is 1.99. The number of thiophene rings is 1. The number of amides is 1. The maximum atomic E-state index is 12.8. The van der Waals surface area contributed by atoms with Crippen molar-refractivity contribution >= 4 is 17.2 Å². The van der Waals surface area contributed by atoms with Crippen molar-refractivity contribution in [1.29, 1.82) is 0 Å². The van der Waals surface area contributed by atoms with Gasteiger partial charge < -0.3 is 14.5 Å². The van der Waals surface area contributed by atoms with Crippen molar-refractivity contribution in [2.75, 3.05) is 32.8 Å². The molecule has 1 aromatic heterocycles. The van der Waals surface area contributed by atoms with Gasteiger partial charge in [-0.1, -0.05) is 13.0 Å². The lowest BCUT2D eigenvalue weighted by Crippen LogP contribution is -2.48. The van der Waals surface area contributed by atoms with Crippen LogP contribution in [0.3, 0.4) is 0 Å². The minimum Gasteiger partial charge on any atom is -0.377 e. The SMILES string of the molecule is CCCN(C(=O)c1cccs1)C1CCN(C[C@H]2CCCO2)CC1. The van der Waals surface area contributed by atoms with Crippen molar-refractivity contribution in [3.05, 3.63) is 22.4 Å². The first-order valence-electron chi connectivity index (χ1n) is 8.96. The molecule has 1 atom stereocenters. The first-order valence-corrected chi connectivity index (χ1v) is 9.84. The van der Waals surface area contributed by atoms with Crippen LogP contribution in [0.1, 0.15) is 48.7 Å². The number of carbonyl (C=O) groups excluding carboxylic acids is 1. The van der Waals surface area contributed by atoms with Gasteiger partial charge in [-0.15, -0.1) is 11.3 Å². The van der Waals surface area contributed by atoms with E-state index >= 15 is 0 Å². The van der Waals surface area contributed by atoms with Crippen LogP contribution in [-0.2, 0) is 4.74 Å². The molecule has 5 heteroatoms. The highest BCUT2D eigenvalue weighted by Crippen LogP contribution is 2.22. The highest BCUT2D eigenvalue weighted by Gasteiger charge is 2.29. The summed E-state index contributed by atoms with van der Waals surface area (Å²) in [4.78, 5) is 18.3. The molecule has 128 valence electrons. The van der Waals surface area contributed by atoms with Gasteiger partial charge in [0, 0.05) is 38.8 Å². The van der Waals surface area contributed by atoms with Crippen molar-refractivity contribution in [3.63, 3.8) is 0 Å². The molecule has 4 nitrogen and oxygen atoms in total. The molecule has 3 heterocycles. The first kappa shape index (κ1) is 16.9. The summed E-state index contributed by atoms with van der Waals surface area (Å²) in [5.41, 5.74) is 0. The molecule has 0 unspecified atom stereocenters. The summed E-state index contributed by atoms with van der Waals surface area (Å²) in [6, 6.07) is 4.30. The van der Waals surface area contributed by atoms with Crippen LogP contribution in [0.5, 0.6) is 0 Å². The van der Waals surface area contributed by atoms with Crippen molar-refractivity contribution in [3.8, 4) is 0 Å². The van der Waals surface area contributed by atoms with Crippen LogP contribution in [0.25, 0.3) is 0 Å². The Hall–Kier alpha value is -0.910. The van der Waals surface area contributed by atoms with Gasteiger partial charge in [0.2, 0.25) is 0 Å². The number of likely N-dealkylation sites (tertiary alicyclic amines) is 1. The van der Waals surface area contributed by atoms with E-state index in [-0.39, 0.29) is 5.91 Å². The Morgan fingerprint density at radius 1 is 1.39 bits per heavy atom. The summed E-state index contributed by atoms with van der Waals surface area (Å²) in [7, 11) is 0. The Kier molecular flexibility index (Phi) is 6.08. The third-order valence-electron chi connectivity index (χ3n) is 4.94. The average Bonchev–Trinajstić information content (AvgIpc) is 3.26. The number of rotatable bonds is 6. The molecule has 2 fully saturated rings. The van der Waals surface area contributed by atoms with Crippen molar-refractivity contribution in [2.24, 2.45) is 0 Å². The Morgan fingerprint density at radius 3 is 2.83 bits per heavy atom. The van der Waals surface area contributed by atoms with Gasteiger partial charge in [-0.05, 0) is 43.6 Å². The van der Waals surface area contributed by atoms with Gasteiger partial charge >= 0.3 is 0 Å². The van der Waals surface area contributed by atoms with E-state index in [0.717, 1.165) is 56.9 Å². The molecule has 23 heavy (non-hydrogen) atoms. The average molecular weight is 337 g/mol. The number of nitrogens with zero attached hydrogens (tertiary/aromatic N) is 2. The minimum absolute atomic E-state index is 0.222. The van der Waals surface area contributed by atoms with Crippen LogP contribution in [0, 0.1) is 0 Å². The summed E-state index contributed by atoms with van der Waals surface area (Å²) in [6.07, 6.45) is 6.05. The number of ether oxygens (including phenoxy) is 1. The molecule has 0 aromatic carbocycles. The third-order valence-corrected chi connectivity index (χ3v) is 5.80. The Labute approximate surface area is 143 Å². The van der Waals surface area contributed by atoms with Crippen LogP contribution in [-0.4, -0.2) is 60.6 Å². The summed E-state index contributed by atoms with van der Waals surface area (Å²) in [6.45, 7) is 7.19. The number of carbonyl (C=O) groups is 1. The van der Waals surface area contributed by atoms with E-state index in [2.05, 4.69) is 16.7 Å². The van der Waals surface area contributed by atoms with Gasteiger partial charge in [-0.2, -0.15) is 0 Å². The fourth-order valence-corrected chi connectivity index (χ4v) is 4.40. The lowest BCUT2D eigenvalue weighted by Gasteiger charge is -2.39. The highest BCUT2D eigenvalue weighted by molar-refractivity contribution is 7.12. The van der Waals surface area contributed by atoms with Gasteiger partial charge in [0.15, 0.2) is 0 Å². The van der Waals surface area contributed by atoms with E-state index in [1.54, 1.807) is 11.3 Å². The standard InChI is InChI=1S/C18H28N2O2S/c1-2-9-20(18(21)17-6-4-13-23-17)15-7-10-19(11-8-15)14-16-5-3-12-22-16/h4,6,13,15-16H,2-3,5,7-12,14H2,1H3/t16-/m1/s1. The van der Waals surface area contributed by atoms with Crippen LogP contribution in [0.4, 0.5) is 0 Å². The largest absolute Gasteiger partial charge is 0.377 e. The molecule has 0 radical (unpaired) electrons. The molecule has 0 aliphatic carbocycles. The van der Waals surface area contributed by atoms with Crippen LogP contribution in [0.2, 0.25) is 0 Å². The second-order valence-corrected chi connectivity index (χ2v) is 7.59. The van der Waals surface area contributed by atoms with E-state index in [0.29, 0.717) is 12.1 Å². The fraction of sp³-hybridized carbons (Fsp3) is 0.722. The molecular formula is C18H28N2O2S. The first-order chi connectivity index (χ1) is 11.3. The molecule has 1 aromatic rings. The molecule has 0 N–H and O–H groups in total. The summed E-state index contributed by atoms with van der Waals surface area (Å²) < 4.78 is 5.75. The van der Waals surface area contributed by atoms with Crippen molar-refractivity contribution in [2.45, 2.75) is 51.2 Å². The maximum Gasteiger partial charge on any atom is 0.264 e. The van der Waals surface area contributed by atoms with E-state index in [1.807, 2.05) is 17.5 Å².